The van der Waals surface area contributed by atoms with E-state index in [9.17, 15) is 14.7 Å². The molecule has 0 aliphatic carbocycles. The third kappa shape index (κ3) is 3.33. The van der Waals surface area contributed by atoms with Gasteiger partial charge in [0.25, 0.3) is 5.91 Å². The topological polar surface area (TPSA) is 89.2 Å². The lowest BCUT2D eigenvalue weighted by Crippen LogP contribution is -2.36. The van der Waals surface area contributed by atoms with Crippen molar-refractivity contribution >= 4 is 16.9 Å². The van der Waals surface area contributed by atoms with Gasteiger partial charge in [0.2, 0.25) is 5.76 Å². The molecule has 1 amide bonds. The number of carbonyl (C=O) groups is 1. The van der Waals surface area contributed by atoms with Crippen molar-refractivity contribution in [2.24, 2.45) is 0 Å². The van der Waals surface area contributed by atoms with Crippen molar-refractivity contribution in [1.82, 2.24) is 4.90 Å². The van der Waals surface area contributed by atoms with Crippen LogP contribution >= 0.6 is 0 Å². The largest absolute Gasteiger partial charge is 0.504 e. The van der Waals surface area contributed by atoms with Crippen molar-refractivity contribution in [1.29, 1.82) is 0 Å². The smallest absolute Gasteiger partial charge is 0.291 e. The van der Waals surface area contributed by atoms with E-state index >= 15 is 0 Å². The average molecular weight is 435 g/mol. The van der Waals surface area contributed by atoms with Gasteiger partial charge in [-0.2, -0.15) is 0 Å². The molecule has 2 atom stereocenters. The lowest BCUT2D eigenvalue weighted by molar-refractivity contribution is 0.0486. The molecule has 2 unspecified atom stereocenters. The monoisotopic (exact) mass is 435 g/mol. The minimum absolute atomic E-state index is 0.00648. The van der Waals surface area contributed by atoms with E-state index in [0.717, 1.165) is 18.4 Å². The molecule has 1 saturated heterocycles. The molecule has 1 aromatic heterocycles. The Morgan fingerprint density at radius 1 is 1.19 bits per heavy atom. The first-order valence-electron chi connectivity index (χ1n) is 10.9. The van der Waals surface area contributed by atoms with Gasteiger partial charge in [0.05, 0.1) is 29.7 Å². The number of nitrogens with zero attached hydrogens (tertiary/aromatic N) is 1. The number of aryl methyl sites for hydroxylation is 1. The van der Waals surface area contributed by atoms with Gasteiger partial charge in [0.15, 0.2) is 16.9 Å². The Bertz CT molecular complexity index is 1260. The molecule has 7 nitrogen and oxygen atoms in total. The third-order valence-corrected chi connectivity index (χ3v) is 6.14. The Labute approximate surface area is 185 Å². The van der Waals surface area contributed by atoms with E-state index in [4.69, 9.17) is 13.9 Å². The lowest BCUT2D eigenvalue weighted by Gasteiger charge is -2.27. The van der Waals surface area contributed by atoms with Crippen molar-refractivity contribution in [3.05, 3.63) is 69.1 Å². The van der Waals surface area contributed by atoms with E-state index in [0.29, 0.717) is 47.6 Å². The number of fused-ring (bicyclic) bond motifs is 2. The van der Waals surface area contributed by atoms with Gasteiger partial charge in [-0.05, 0) is 56.5 Å². The molecule has 2 aromatic carbocycles. The summed E-state index contributed by atoms with van der Waals surface area (Å²) < 4.78 is 17.3. The maximum atomic E-state index is 13.6. The average Bonchev–Trinajstić information content (AvgIpc) is 3.38. The van der Waals surface area contributed by atoms with E-state index in [2.05, 4.69) is 0 Å². The number of rotatable bonds is 5. The number of aromatic hydroxyl groups is 1. The number of ether oxygens (including phenoxy) is 2. The van der Waals surface area contributed by atoms with Crippen LogP contribution in [0.5, 0.6) is 11.5 Å². The van der Waals surface area contributed by atoms with Crippen LogP contribution < -0.4 is 10.2 Å². The molecule has 166 valence electrons. The quantitative estimate of drug-likeness (QED) is 0.653. The van der Waals surface area contributed by atoms with E-state index in [1.807, 2.05) is 19.9 Å². The summed E-state index contributed by atoms with van der Waals surface area (Å²) in [5, 5.41) is 10.6. The summed E-state index contributed by atoms with van der Waals surface area (Å²) in [6.07, 6.45) is 1.71. The van der Waals surface area contributed by atoms with Crippen molar-refractivity contribution in [3.63, 3.8) is 0 Å². The van der Waals surface area contributed by atoms with Crippen LogP contribution in [-0.2, 0) is 4.74 Å². The number of hydrogen-bond acceptors (Lipinski definition) is 6. The number of benzene rings is 2. The number of phenolic OH excluding ortho intramolecular Hbond substituents is 1. The van der Waals surface area contributed by atoms with Crippen LogP contribution in [0.25, 0.3) is 11.0 Å². The third-order valence-electron chi connectivity index (χ3n) is 6.14. The van der Waals surface area contributed by atoms with Gasteiger partial charge in [-0.15, -0.1) is 0 Å². The highest BCUT2D eigenvalue weighted by Gasteiger charge is 2.44. The molecule has 3 aromatic rings. The van der Waals surface area contributed by atoms with Crippen molar-refractivity contribution in [2.45, 2.75) is 38.8 Å². The molecule has 7 heteroatoms. The number of phenols is 1. The van der Waals surface area contributed by atoms with Gasteiger partial charge in [0.1, 0.15) is 5.58 Å². The highest BCUT2D eigenvalue weighted by molar-refractivity contribution is 5.99. The van der Waals surface area contributed by atoms with Gasteiger partial charge < -0.3 is 23.9 Å². The van der Waals surface area contributed by atoms with E-state index in [1.165, 1.54) is 6.07 Å². The van der Waals surface area contributed by atoms with Crippen LogP contribution in [0.2, 0.25) is 0 Å². The van der Waals surface area contributed by atoms with Gasteiger partial charge in [-0.25, -0.2) is 0 Å². The number of carbonyl (C=O) groups excluding carboxylic acids is 1. The zero-order valence-electron chi connectivity index (χ0n) is 18.1. The molecular weight excluding hydrogens is 410 g/mol. The Balaban J connectivity index is 1.70. The van der Waals surface area contributed by atoms with Crippen LogP contribution in [0.15, 0.2) is 45.6 Å². The molecular formula is C25H25NO6. The standard InChI is InChI=1S/C25H25NO6/c1-3-30-20-12-15(7-8-18(20)27)22-21-23(28)17-11-14(2)6-9-19(17)32-24(21)25(29)26(22)13-16-5-4-10-31-16/h6-9,11-12,16,22,27H,3-5,10,13H2,1-2H3. The van der Waals surface area contributed by atoms with Gasteiger partial charge in [0, 0.05) is 13.2 Å². The zero-order valence-corrected chi connectivity index (χ0v) is 18.1. The molecule has 1 fully saturated rings. The Morgan fingerprint density at radius 2 is 2.03 bits per heavy atom. The van der Waals surface area contributed by atoms with Gasteiger partial charge in [-0.1, -0.05) is 17.7 Å². The van der Waals surface area contributed by atoms with E-state index in [1.54, 1.807) is 29.2 Å². The highest BCUT2D eigenvalue weighted by atomic mass is 16.5. The minimum atomic E-state index is -0.650. The fourth-order valence-corrected chi connectivity index (χ4v) is 4.65. The number of amides is 1. The second-order valence-electron chi connectivity index (χ2n) is 8.33. The summed E-state index contributed by atoms with van der Waals surface area (Å²) in [5.74, 6) is 0.0578. The molecule has 1 N–H and O–H groups in total. The van der Waals surface area contributed by atoms with Crippen LogP contribution in [0.3, 0.4) is 0 Å². The summed E-state index contributed by atoms with van der Waals surface area (Å²) in [5.41, 5.74) is 2.11. The second kappa shape index (κ2) is 7.98. The molecule has 0 radical (unpaired) electrons. The van der Waals surface area contributed by atoms with Crippen molar-refractivity contribution in [2.75, 3.05) is 19.8 Å². The van der Waals surface area contributed by atoms with Crippen LogP contribution in [0, 0.1) is 6.92 Å². The first kappa shape index (κ1) is 20.6. The second-order valence-corrected chi connectivity index (χ2v) is 8.33. The minimum Gasteiger partial charge on any atom is -0.504 e. The van der Waals surface area contributed by atoms with Crippen molar-refractivity contribution in [3.8, 4) is 11.5 Å². The Kier molecular flexibility index (Phi) is 5.13. The Hall–Kier alpha value is -3.32. The molecule has 2 aliphatic heterocycles. The first-order valence-corrected chi connectivity index (χ1v) is 10.9. The maximum Gasteiger partial charge on any atom is 0.291 e. The fourth-order valence-electron chi connectivity index (χ4n) is 4.65. The lowest BCUT2D eigenvalue weighted by atomic mass is 9.97. The molecule has 0 spiro atoms. The summed E-state index contributed by atoms with van der Waals surface area (Å²) in [4.78, 5) is 28.7. The maximum absolute atomic E-state index is 13.6. The summed E-state index contributed by atoms with van der Waals surface area (Å²) in [6.45, 7) is 5.13. The predicted octanol–water partition coefficient (Wildman–Crippen LogP) is 3.93. The van der Waals surface area contributed by atoms with E-state index < -0.39 is 6.04 Å². The fraction of sp³-hybridized carbons (Fsp3) is 0.360. The SMILES string of the molecule is CCOc1cc(C2c3c(oc4ccc(C)cc4c3=O)C(=O)N2CC2CCCO2)ccc1O. The molecule has 0 saturated carbocycles. The molecule has 32 heavy (non-hydrogen) atoms. The van der Waals surface area contributed by atoms with Crippen LogP contribution in [-0.4, -0.2) is 41.8 Å². The first-order chi connectivity index (χ1) is 15.5. The van der Waals surface area contributed by atoms with Gasteiger partial charge in [-0.3, -0.25) is 9.59 Å². The molecule has 2 aliphatic rings. The molecule has 5 rings (SSSR count). The van der Waals surface area contributed by atoms with E-state index in [-0.39, 0.29) is 28.9 Å². The highest BCUT2D eigenvalue weighted by Crippen LogP contribution is 2.41. The Morgan fingerprint density at radius 3 is 2.78 bits per heavy atom. The molecule has 3 heterocycles. The molecule has 0 bridgehead atoms. The predicted molar refractivity (Wildman–Crippen MR) is 118 cm³/mol. The van der Waals surface area contributed by atoms with Crippen LogP contribution in [0.4, 0.5) is 0 Å². The summed E-state index contributed by atoms with van der Waals surface area (Å²) in [7, 11) is 0. The zero-order chi connectivity index (χ0) is 22.4. The summed E-state index contributed by atoms with van der Waals surface area (Å²) >= 11 is 0. The summed E-state index contributed by atoms with van der Waals surface area (Å²) in [6, 6.07) is 9.65. The normalized spacial score (nSPS) is 20.2. The van der Waals surface area contributed by atoms with Crippen LogP contribution in [0.1, 0.15) is 53.1 Å². The van der Waals surface area contributed by atoms with Gasteiger partial charge >= 0.3 is 0 Å². The van der Waals surface area contributed by atoms with Crippen molar-refractivity contribution < 1.29 is 23.8 Å². The number of hydrogen-bond donors (Lipinski definition) is 1.